The molecule has 1 aliphatic heterocycles. The van der Waals surface area contributed by atoms with E-state index in [0.29, 0.717) is 6.54 Å². The summed E-state index contributed by atoms with van der Waals surface area (Å²) in [6, 6.07) is 19.1. The molecule has 2 aromatic carbocycles. The quantitative estimate of drug-likeness (QED) is 0.600. The molecular formula is C26H32N4O. The first-order chi connectivity index (χ1) is 15.1. The van der Waals surface area contributed by atoms with Crippen molar-refractivity contribution in [3.05, 3.63) is 78.4 Å². The fourth-order valence-corrected chi connectivity index (χ4v) is 4.67. The van der Waals surface area contributed by atoms with Crippen molar-refractivity contribution in [2.75, 3.05) is 19.6 Å². The molecule has 1 fully saturated rings. The molecule has 1 N–H and O–H groups in total. The maximum Gasteiger partial charge on any atom is 0.227 e. The molecule has 0 spiro atoms. The Morgan fingerprint density at radius 3 is 2.52 bits per heavy atom. The number of carbonyl (C=O) groups excluding carboxylic acids is 1. The van der Waals surface area contributed by atoms with Crippen molar-refractivity contribution in [2.24, 2.45) is 5.41 Å². The molecule has 0 bridgehead atoms. The molecule has 0 aliphatic carbocycles. The number of amides is 1. The lowest BCUT2D eigenvalue weighted by atomic mass is 9.79. The van der Waals surface area contributed by atoms with Gasteiger partial charge in [-0.2, -0.15) is 0 Å². The van der Waals surface area contributed by atoms with E-state index >= 15 is 0 Å². The van der Waals surface area contributed by atoms with E-state index in [1.165, 1.54) is 16.7 Å². The first kappa shape index (κ1) is 21.3. The summed E-state index contributed by atoms with van der Waals surface area (Å²) >= 11 is 0. The zero-order chi connectivity index (χ0) is 21.7. The maximum atomic E-state index is 13.2. The minimum absolute atomic E-state index is 0.170. The van der Waals surface area contributed by atoms with E-state index in [4.69, 9.17) is 0 Å². The number of rotatable bonds is 8. The van der Waals surface area contributed by atoms with Crippen LogP contribution in [0.15, 0.2) is 67.0 Å². The largest absolute Gasteiger partial charge is 0.356 e. The number of aromatic nitrogens is 2. The summed E-state index contributed by atoms with van der Waals surface area (Å²) in [5, 5.41) is 3.10. The van der Waals surface area contributed by atoms with Crippen molar-refractivity contribution in [2.45, 2.75) is 39.8 Å². The highest BCUT2D eigenvalue weighted by molar-refractivity contribution is 5.83. The number of hydrogen-bond acceptors (Lipinski definition) is 3. The number of hydrogen-bond donors (Lipinski definition) is 1. The molecule has 1 unspecified atom stereocenters. The van der Waals surface area contributed by atoms with Crippen LogP contribution in [0.5, 0.6) is 0 Å². The van der Waals surface area contributed by atoms with E-state index in [2.05, 4.69) is 75.2 Å². The van der Waals surface area contributed by atoms with Crippen LogP contribution in [-0.4, -0.2) is 40.0 Å². The molecule has 31 heavy (non-hydrogen) atoms. The Hall–Kier alpha value is -2.92. The molecule has 162 valence electrons. The first-order valence-corrected chi connectivity index (χ1v) is 11.3. The van der Waals surface area contributed by atoms with Crippen LogP contribution in [-0.2, 0) is 24.3 Å². The average Bonchev–Trinajstić information content (AvgIpc) is 3.43. The molecule has 3 aromatic rings. The monoisotopic (exact) mass is 416 g/mol. The second kappa shape index (κ2) is 9.48. The Morgan fingerprint density at radius 2 is 1.81 bits per heavy atom. The number of imidazole rings is 1. The predicted molar refractivity (Wildman–Crippen MR) is 124 cm³/mol. The Labute approximate surface area is 185 Å². The predicted octanol–water partition coefficient (Wildman–Crippen LogP) is 4.14. The number of benzene rings is 2. The van der Waals surface area contributed by atoms with Crippen molar-refractivity contribution in [3.63, 3.8) is 0 Å². The lowest BCUT2D eigenvalue weighted by Gasteiger charge is -2.28. The molecule has 1 atom stereocenters. The van der Waals surface area contributed by atoms with E-state index in [0.717, 1.165) is 44.8 Å². The van der Waals surface area contributed by atoms with Crippen molar-refractivity contribution in [3.8, 4) is 11.1 Å². The van der Waals surface area contributed by atoms with Crippen molar-refractivity contribution in [1.29, 1.82) is 0 Å². The molecule has 5 nitrogen and oxygen atoms in total. The van der Waals surface area contributed by atoms with Crippen LogP contribution in [0.2, 0.25) is 0 Å². The zero-order valence-corrected chi connectivity index (χ0v) is 18.6. The SMILES string of the molecule is CCNC(=O)C1(Cc2ccc(-c3ccccc3)cc2)CCN(Cc2nccn2CC)C1. The third kappa shape index (κ3) is 4.72. The van der Waals surface area contributed by atoms with Gasteiger partial charge in [-0.25, -0.2) is 4.98 Å². The lowest BCUT2D eigenvalue weighted by molar-refractivity contribution is -0.130. The fourth-order valence-electron chi connectivity index (χ4n) is 4.67. The van der Waals surface area contributed by atoms with Gasteiger partial charge in [0.25, 0.3) is 0 Å². The Bertz CT molecular complexity index is 996. The molecule has 1 amide bonds. The van der Waals surface area contributed by atoms with Crippen LogP contribution in [0.4, 0.5) is 0 Å². The number of carbonyl (C=O) groups is 1. The summed E-state index contributed by atoms with van der Waals surface area (Å²) < 4.78 is 2.18. The Kier molecular flexibility index (Phi) is 6.52. The maximum absolute atomic E-state index is 13.2. The molecule has 1 saturated heterocycles. The molecule has 0 saturated carbocycles. The number of nitrogens with one attached hydrogen (secondary N) is 1. The van der Waals surface area contributed by atoms with Gasteiger partial charge in [-0.3, -0.25) is 9.69 Å². The van der Waals surface area contributed by atoms with Gasteiger partial charge in [-0.15, -0.1) is 0 Å². The summed E-state index contributed by atoms with van der Waals surface area (Å²) in [7, 11) is 0. The number of aryl methyl sites for hydroxylation is 1. The van der Waals surface area contributed by atoms with Gasteiger partial charge in [-0.05, 0) is 49.9 Å². The second-order valence-corrected chi connectivity index (χ2v) is 8.47. The molecule has 5 heteroatoms. The summed E-state index contributed by atoms with van der Waals surface area (Å²) in [6.07, 6.45) is 5.51. The Morgan fingerprint density at radius 1 is 1.06 bits per heavy atom. The normalized spacial score (nSPS) is 18.9. The molecular weight excluding hydrogens is 384 g/mol. The summed E-state index contributed by atoms with van der Waals surface area (Å²) in [5.41, 5.74) is 3.23. The standard InChI is InChI=1S/C26H32N4O/c1-3-27-25(31)26(14-16-29(20-26)19-24-28-15-17-30(24)4-2)18-21-10-12-23(13-11-21)22-8-6-5-7-9-22/h5-13,15,17H,3-4,14,16,18-20H2,1-2H3,(H,27,31). The van der Waals surface area contributed by atoms with Gasteiger partial charge < -0.3 is 9.88 Å². The van der Waals surface area contributed by atoms with Crippen LogP contribution in [0.25, 0.3) is 11.1 Å². The third-order valence-corrected chi connectivity index (χ3v) is 6.36. The van der Waals surface area contributed by atoms with E-state index in [1.807, 2.05) is 25.4 Å². The highest BCUT2D eigenvalue weighted by atomic mass is 16.2. The number of nitrogens with zero attached hydrogens (tertiary/aromatic N) is 3. The van der Waals surface area contributed by atoms with Crippen molar-refractivity contribution < 1.29 is 4.79 Å². The smallest absolute Gasteiger partial charge is 0.227 e. The average molecular weight is 417 g/mol. The van der Waals surface area contributed by atoms with Gasteiger partial charge in [0.15, 0.2) is 0 Å². The molecule has 1 aliphatic rings. The fraction of sp³-hybridized carbons (Fsp3) is 0.385. The van der Waals surface area contributed by atoms with Crippen LogP contribution in [0.3, 0.4) is 0 Å². The Balaban J connectivity index is 1.51. The van der Waals surface area contributed by atoms with Gasteiger partial charge >= 0.3 is 0 Å². The molecule has 1 aromatic heterocycles. The van der Waals surface area contributed by atoms with Crippen molar-refractivity contribution in [1.82, 2.24) is 19.8 Å². The highest BCUT2D eigenvalue weighted by Crippen LogP contribution is 2.36. The third-order valence-electron chi connectivity index (χ3n) is 6.36. The van der Waals surface area contributed by atoms with Gasteiger partial charge in [0, 0.05) is 32.0 Å². The van der Waals surface area contributed by atoms with Gasteiger partial charge in [0.05, 0.1) is 12.0 Å². The first-order valence-electron chi connectivity index (χ1n) is 11.3. The number of likely N-dealkylation sites (tertiary alicyclic amines) is 1. The minimum Gasteiger partial charge on any atom is -0.356 e. The lowest BCUT2D eigenvalue weighted by Crippen LogP contribution is -2.44. The van der Waals surface area contributed by atoms with Gasteiger partial charge in [0.1, 0.15) is 5.82 Å². The van der Waals surface area contributed by atoms with E-state index < -0.39 is 5.41 Å². The van der Waals surface area contributed by atoms with Crippen molar-refractivity contribution >= 4 is 5.91 Å². The molecule has 0 radical (unpaired) electrons. The van der Waals surface area contributed by atoms with Crippen LogP contribution in [0, 0.1) is 5.41 Å². The van der Waals surface area contributed by atoms with Crippen LogP contribution >= 0.6 is 0 Å². The van der Waals surface area contributed by atoms with Gasteiger partial charge in [-0.1, -0.05) is 54.6 Å². The zero-order valence-electron chi connectivity index (χ0n) is 18.6. The molecule has 2 heterocycles. The summed E-state index contributed by atoms with van der Waals surface area (Å²) in [5.74, 6) is 1.24. The van der Waals surface area contributed by atoms with E-state index in [1.54, 1.807) is 0 Å². The summed E-state index contributed by atoms with van der Waals surface area (Å²) in [6.45, 7) is 8.16. The topological polar surface area (TPSA) is 50.2 Å². The van der Waals surface area contributed by atoms with E-state index in [9.17, 15) is 4.79 Å². The highest BCUT2D eigenvalue weighted by Gasteiger charge is 2.44. The van der Waals surface area contributed by atoms with Crippen LogP contribution < -0.4 is 5.32 Å². The van der Waals surface area contributed by atoms with E-state index in [-0.39, 0.29) is 5.91 Å². The minimum atomic E-state index is -0.395. The molecule has 4 rings (SSSR count). The summed E-state index contributed by atoms with van der Waals surface area (Å²) in [4.78, 5) is 20.1. The van der Waals surface area contributed by atoms with Crippen LogP contribution in [0.1, 0.15) is 31.7 Å². The second-order valence-electron chi connectivity index (χ2n) is 8.47. The van der Waals surface area contributed by atoms with Gasteiger partial charge in [0.2, 0.25) is 5.91 Å².